The summed E-state index contributed by atoms with van der Waals surface area (Å²) in [6, 6.07) is 8.77. The molecule has 0 radical (unpaired) electrons. The van der Waals surface area contributed by atoms with Gasteiger partial charge in [0.2, 0.25) is 0 Å². The Hall–Kier alpha value is -1.33. The number of nitriles is 1. The summed E-state index contributed by atoms with van der Waals surface area (Å²) >= 11 is 0. The van der Waals surface area contributed by atoms with E-state index in [1.54, 1.807) is 0 Å². The third-order valence-electron chi connectivity index (χ3n) is 3.62. The minimum Gasteiger partial charge on any atom is -0.297 e. The highest BCUT2D eigenvalue weighted by Gasteiger charge is 2.11. The highest BCUT2D eigenvalue weighted by molar-refractivity contribution is 5.37. The third kappa shape index (κ3) is 5.04. The molecule has 0 unspecified atom stereocenters. The first-order valence-electron chi connectivity index (χ1n) is 7.32. The standard InChI is InChI=1S/C17H26N2/c1-5-6-7-10-19(14(2)3)13-17-9-8-16(12-18)11-15(17)4/h8-9,11,14H,5-7,10,13H2,1-4H3. The lowest BCUT2D eigenvalue weighted by atomic mass is 10.0. The van der Waals surface area contributed by atoms with Gasteiger partial charge in [-0.2, -0.15) is 5.26 Å². The SMILES string of the molecule is CCCCCN(Cc1ccc(C#N)cc1C)C(C)C. The van der Waals surface area contributed by atoms with Crippen LogP contribution in [0.4, 0.5) is 0 Å². The van der Waals surface area contributed by atoms with Crippen LogP contribution >= 0.6 is 0 Å². The highest BCUT2D eigenvalue weighted by Crippen LogP contribution is 2.15. The molecule has 0 atom stereocenters. The third-order valence-corrected chi connectivity index (χ3v) is 3.62. The monoisotopic (exact) mass is 258 g/mol. The van der Waals surface area contributed by atoms with E-state index in [4.69, 9.17) is 5.26 Å². The Labute approximate surface area is 118 Å². The minimum atomic E-state index is 0.562. The van der Waals surface area contributed by atoms with E-state index in [9.17, 15) is 0 Å². The van der Waals surface area contributed by atoms with Gasteiger partial charge in [0.1, 0.15) is 0 Å². The molecule has 0 aromatic heterocycles. The first kappa shape index (κ1) is 15.7. The summed E-state index contributed by atoms with van der Waals surface area (Å²) in [5.74, 6) is 0. The zero-order valence-electron chi connectivity index (χ0n) is 12.7. The molecule has 1 aromatic carbocycles. The van der Waals surface area contributed by atoms with Crippen molar-refractivity contribution >= 4 is 0 Å². The molecule has 0 fully saturated rings. The predicted molar refractivity (Wildman–Crippen MR) is 81.0 cm³/mol. The van der Waals surface area contributed by atoms with Crippen LogP contribution in [0, 0.1) is 18.3 Å². The largest absolute Gasteiger partial charge is 0.297 e. The molecular formula is C17H26N2. The van der Waals surface area contributed by atoms with Gasteiger partial charge < -0.3 is 0 Å². The smallest absolute Gasteiger partial charge is 0.0991 e. The molecule has 0 aliphatic heterocycles. The lowest BCUT2D eigenvalue weighted by Crippen LogP contribution is -2.31. The van der Waals surface area contributed by atoms with E-state index in [1.165, 1.54) is 30.4 Å². The zero-order chi connectivity index (χ0) is 14.3. The zero-order valence-corrected chi connectivity index (χ0v) is 12.7. The van der Waals surface area contributed by atoms with Crippen LogP contribution in [0.2, 0.25) is 0 Å². The summed E-state index contributed by atoms with van der Waals surface area (Å²) in [6.45, 7) is 11.0. The fraction of sp³-hybridized carbons (Fsp3) is 0.588. The van der Waals surface area contributed by atoms with Crippen LogP contribution in [0.25, 0.3) is 0 Å². The summed E-state index contributed by atoms with van der Waals surface area (Å²) in [4.78, 5) is 2.52. The van der Waals surface area contributed by atoms with Crippen LogP contribution in [0.1, 0.15) is 56.7 Å². The molecule has 2 nitrogen and oxygen atoms in total. The molecule has 0 aliphatic rings. The number of benzene rings is 1. The van der Waals surface area contributed by atoms with Gasteiger partial charge in [0.15, 0.2) is 0 Å². The van der Waals surface area contributed by atoms with Gasteiger partial charge in [-0.1, -0.05) is 25.8 Å². The van der Waals surface area contributed by atoms with Crippen LogP contribution in [0.15, 0.2) is 18.2 Å². The van der Waals surface area contributed by atoms with Crippen LogP contribution in [0.3, 0.4) is 0 Å². The fourth-order valence-corrected chi connectivity index (χ4v) is 2.25. The van der Waals surface area contributed by atoms with Gasteiger partial charge in [-0.25, -0.2) is 0 Å². The highest BCUT2D eigenvalue weighted by atomic mass is 15.1. The average molecular weight is 258 g/mol. The maximum Gasteiger partial charge on any atom is 0.0991 e. The van der Waals surface area contributed by atoms with Gasteiger partial charge in [-0.3, -0.25) is 4.90 Å². The Morgan fingerprint density at radius 2 is 2.00 bits per heavy atom. The molecule has 0 N–H and O–H groups in total. The van der Waals surface area contributed by atoms with Gasteiger partial charge >= 0.3 is 0 Å². The molecular weight excluding hydrogens is 232 g/mol. The van der Waals surface area contributed by atoms with Crippen molar-refractivity contribution in [2.24, 2.45) is 0 Å². The van der Waals surface area contributed by atoms with E-state index < -0.39 is 0 Å². The summed E-state index contributed by atoms with van der Waals surface area (Å²) in [5, 5.41) is 8.91. The molecule has 104 valence electrons. The quantitative estimate of drug-likeness (QED) is 0.683. The maximum atomic E-state index is 8.91. The number of nitrogens with zero attached hydrogens (tertiary/aromatic N) is 2. The Morgan fingerprint density at radius 3 is 2.53 bits per heavy atom. The molecule has 1 aromatic rings. The topological polar surface area (TPSA) is 27.0 Å². The molecule has 0 heterocycles. The molecule has 0 spiro atoms. The second-order valence-electron chi connectivity index (χ2n) is 5.52. The van der Waals surface area contributed by atoms with Crippen molar-refractivity contribution in [2.45, 2.75) is 59.5 Å². The van der Waals surface area contributed by atoms with Crippen LogP contribution in [-0.4, -0.2) is 17.5 Å². The van der Waals surface area contributed by atoms with E-state index in [0.29, 0.717) is 6.04 Å². The van der Waals surface area contributed by atoms with E-state index in [-0.39, 0.29) is 0 Å². The van der Waals surface area contributed by atoms with Gasteiger partial charge in [0.05, 0.1) is 11.6 Å². The maximum absolute atomic E-state index is 8.91. The number of hydrogen-bond donors (Lipinski definition) is 0. The molecule has 0 saturated heterocycles. The number of rotatable bonds is 7. The summed E-state index contributed by atoms with van der Waals surface area (Å²) in [7, 11) is 0. The molecule has 2 heteroatoms. The lowest BCUT2D eigenvalue weighted by Gasteiger charge is -2.27. The molecule has 19 heavy (non-hydrogen) atoms. The molecule has 0 bridgehead atoms. The van der Waals surface area contributed by atoms with E-state index in [1.807, 2.05) is 12.1 Å². The summed E-state index contributed by atoms with van der Waals surface area (Å²) in [5.41, 5.74) is 3.31. The second-order valence-corrected chi connectivity index (χ2v) is 5.52. The van der Waals surface area contributed by atoms with Crippen molar-refractivity contribution in [3.63, 3.8) is 0 Å². The van der Waals surface area contributed by atoms with E-state index in [0.717, 1.165) is 18.7 Å². The first-order valence-corrected chi connectivity index (χ1v) is 7.32. The van der Waals surface area contributed by atoms with Crippen molar-refractivity contribution in [3.8, 4) is 6.07 Å². The van der Waals surface area contributed by atoms with Crippen LogP contribution in [0.5, 0.6) is 0 Å². The lowest BCUT2D eigenvalue weighted by molar-refractivity contribution is 0.208. The second kappa shape index (κ2) is 7.96. The Balaban J connectivity index is 2.71. The van der Waals surface area contributed by atoms with Crippen LogP contribution in [-0.2, 0) is 6.54 Å². The molecule has 0 amide bonds. The van der Waals surface area contributed by atoms with Crippen molar-refractivity contribution in [2.75, 3.05) is 6.54 Å². The number of unbranched alkanes of at least 4 members (excludes halogenated alkanes) is 2. The Kier molecular flexibility index (Phi) is 6.59. The van der Waals surface area contributed by atoms with E-state index >= 15 is 0 Å². The van der Waals surface area contributed by atoms with Gasteiger partial charge in [-0.05, 0) is 57.0 Å². The number of aryl methyl sites for hydroxylation is 1. The average Bonchev–Trinajstić information content (AvgIpc) is 2.39. The van der Waals surface area contributed by atoms with Gasteiger partial charge in [0, 0.05) is 12.6 Å². The predicted octanol–water partition coefficient (Wildman–Crippen LogP) is 4.27. The summed E-state index contributed by atoms with van der Waals surface area (Å²) < 4.78 is 0. The molecule has 0 saturated carbocycles. The Morgan fingerprint density at radius 1 is 1.26 bits per heavy atom. The normalized spacial score (nSPS) is 11.0. The number of hydrogen-bond acceptors (Lipinski definition) is 2. The molecule has 0 aliphatic carbocycles. The van der Waals surface area contributed by atoms with Crippen molar-refractivity contribution in [1.29, 1.82) is 5.26 Å². The van der Waals surface area contributed by atoms with Crippen molar-refractivity contribution in [3.05, 3.63) is 34.9 Å². The first-order chi connectivity index (χ1) is 9.08. The molecule has 1 rings (SSSR count). The Bertz CT molecular complexity index is 429. The van der Waals surface area contributed by atoms with Gasteiger partial charge in [0.25, 0.3) is 0 Å². The van der Waals surface area contributed by atoms with Crippen LogP contribution < -0.4 is 0 Å². The summed E-state index contributed by atoms with van der Waals surface area (Å²) in [6.07, 6.45) is 3.83. The minimum absolute atomic E-state index is 0.562. The van der Waals surface area contributed by atoms with Crippen molar-refractivity contribution < 1.29 is 0 Å². The van der Waals surface area contributed by atoms with E-state index in [2.05, 4.69) is 44.7 Å². The van der Waals surface area contributed by atoms with Gasteiger partial charge in [-0.15, -0.1) is 0 Å². The van der Waals surface area contributed by atoms with Crippen molar-refractivity contribution in [1.82, 2.24) is 4.90 Å². The fourth-order valence-electron chi connectivity index (χ4n) is 2.25.